The van der Waals surface area contributed by atoms with Gasteiger partial charge in [0, 0.05) is 25.4 Å². The maximum Gasteiger partial charge on any atom is 0.123 e. The number of para-hydroxylation sites is 1. The Labute approximate surface area is 115 Å². The van der Waals surface area contributed by atoms with Crippen LogP contribution in [0.1, 0.15) is 25.3 Å². The molecule has 1 unspecified atom stereocenters. The van der Waals surface area contributed by atoms with Crippen molar-refractivity contribution in [3.8, 4) is 5.75 Å². The van der Waals surface area contributed by atoms with E-state index in [9.17, 15) is 0 Å². The molecule has 0 N–H and O–H groups in total. The largest absolute Gasteiger partial charge is 0.488 e. The van der Waals surface area contributed by atoms with Crippen LogP contribution in [0.25, 0.3) is 0 Å². The molecule has 0 fully saturated rings. The fourth-order valence-electron chi connectivity index (χ4n) is 2.44. The summed E-state index contributed by atoms with van der Waals surface area (Å²) in [5, 5.41) is 0. The highest BCUT2D eigenvalue weighted by molar-refractivity contribution is 6.18. The Balaban J connectivity index is 1.86. The first-order valence-electron chi connectivity index (χ1n) is 6.86. The number of nitrogens with zero attached hydrogens (tertiary/aromatic N) is 1. The maximum absolute atomic E-state index is 5.98. The van der Waals surface area contributed by atoms with Crippen molar-refractivity contribution >= 4 is 11.6 Å². The Morgan fingerprint density at radius 1 is 1.33 bits per heavy atom. The van der Waals surface area contributed by atoms with E-state index in [0.29, 0.717) is 12.0 Å². The van der Waals surface area contributed by atoms with Gasteiger partial charge in [-0.1, -0.05) is 31.5 Å². The quantitative estimate of drug-likeness (QED) is 0.703. The van der Waals surface area contributed by atoms with Crippen LogP contribution >= 0.6 is 11.6 Å². The summed E-state index contributed by atoms with van der Waals surface area (Å²) < 4.78 is 5.98. The molecule has 0 saturated heterocycles. The summed E-state index contributed by atoms with van der Waals surface area (Å²) in [7, 11) is 0. The number of alkyl halides is 1. The van der Waals surface area contributed by atoms with Crippen molar-refractivity contribution in [2.45, 2.75) is 32.3 Å². The number of rotatable bonds is 7. The van der Waals surface area contributed by atoms with E-state index in [1.165, 1.54) is 18.4 Å². The molecule has 1 aliphatic rings. The van der Waals surface area contributed by atoms with Gasteiger partial charge in [-0.2, -0.15) is 0 Å². The van der Waals surface area contributed by atoms with Gasteiger partial charge in [-0.05, 0) is 24.6 Å². The number of benzene rings is 1. The molecular formula is C15H22ClNO. The fraction of sp³-hybridized carbons (Fsp3) is 0.600. The monoisotopic (exact) mass is 267 g/mol. The van der Waals surface area contributed by atoms with Crippen LogP contribution < -0.4 is 4.74 Å². The van der Waals surface area contributed by atoms with Gasteiger partial charge >= 0.3 is 0 Å². The highest BCUT2D eigenvalue weighted by atomic mass is 35.5. The second-order valence-corrected chi connectivity index (χ2v) is 5.27. The van der Waals surface area contributed by atoms with Crippen molar-refractivity contribution in [3.63, 3.8) is 0 Å². The van der Waals surface area contributed by atoms with Crippen LogP contribution in [0.5, 0.6) is 5.75 Å². The standard InChI is InChI=1S/C15H22ClNO/c1-2-3-9-17(10-8-16)12-14-11-13-6-4-5-7-15(13)18-14/h4-7,14H,2-3,8-12H2,1H3. The minimum Gasteiger partial charge on any atom is -0.488 e. The van der Waals surface area contributed by atoms with E-state index in [2.05, 4.69) is 30.0 Å². The third-order valence-electron chi connectivity index (χ3n) is 3.40. The third kappa shape index (κ3) is 3.63. The van der Waals surface area contributed by atoms with Crippen LogP contribution in [0.15, 0.2) is 24.3 Å². The van der Waals surface area contributed by atoms with Crippen LogP contribution in [-0.2, 0) is 6.42 Å². The minimum atomic E-state index is 0.294. The lowest BCUT2D eigenvalue weighted by Gasteiger charge is -2.24. The van der Waals surface area contributed by atoms with Gasteiger partial charge in [0.2, 0.25) is 0 Å². The summed E-state index contributed by atoms with van der Waals surface area (Å²) in [5.74, 6) is 1.76. The van der Waals surface area contributed by atoms with Crippen LogP contribution in [0.2, 0.25) is 0 Å². The highest BCUT2D eigenvalue weighted by Crippen LogP contribution is 2.28. The maximum atomic E-state index is 5.98. The third-order valence-corrected chi connectivity index (χ3v) is 3.57. The SMILES string of the molecule is CCCCN(CCCl)CC1Cc2ccccc2O1. The second kappa shape index (κ2) is 7.01. The highest BCUT2D eigenvalue weighted by Gasteiger charge is 2.24. The zero-order valence-electron chi connectivity index (χ0n) is 11.1. The van der Waals surface area contributed by atoms with E-state index in [1.54, 1.807) is 0 Å². The van der Waals surface area contributed by atoms with E-state index < -0.39 is 0 Å². The minimum absolute atomic E-state index is 0.294. The van der Waals surface area contributed by atoms with Gasteiger partial charge in [0.25, 0.3) is 0 Å². The number of hydrogen-bond acceptors (Lipinski definition) is 2. The van der Waals surface area contributed by atoms with Crippen molar-refractivity contribution in [2.24, 2.45) is 0 Å². The van der Waals surface area contributed by atoms with Crippen LogP contribution in [0, 0.1) is 0 Å². The molecule has 100 valence electrons. The van der Waals surface area contributed by atoms with Crippen molar-refractivity contribution in [1.29, 1.82) is 0 Å². The Hall–Kier alpha value is -0.730. The van der Waals surface area contributed by atoms with Gasteiger partial charge in [0.15, 0.2) is 0 Å². The normalized spacial score (nSPS) is 17.8. The Morgan fingerprint density at radius 2 is 2.17 bits per heavy atom. The first-order valence-corrected chi connectivity index (χ1v) is 7.39. The number of halogens is 1. The molecule has 0 aromatic heterocycles. The molecule has 0 bridgehead atoms. The van der Waals surface area contributed by atoms with E-state index in [1.807, 2.05) is 6.07 Å². The Kier molecular flexibility index (Phi) is 5.33. The molecule has 1 aromatic carbocycles. The second-order valence-electron chi connectivity index (χ2n) is 4.89. The van der Waals surface area contributed by atoms with Gasteiger partial charge < -0.3 is 4.74 Å². The molecule has 0 spiro atoms. The predicted octanol–water partition coefficient (Wildman–Crippen LogP) is 3.33. The summed E-state index contributed by atoms with van der Waals surface area (Å²) in [6.07, 6.45) is 3.78. The average molecular weight is 268 g/mol. The molecule has 3 heteroatoms. The molecule has 2 rings (SSSR count). The molecule has 2 nitrogen and oxygen atoms in total. The lowest BCUT2D eigenvalue weighted by Crippen LogP contribution is -2.36. The summed E-state index contributed by atoms with van der Waals surface area (Å²) in [5.41, 5.74) is 1.34. The Bertz CT molecular complexity index is 344. The van der Waals surface area contributed by atoms with Gasteiger partial charge in [-0.3, -0.25) is 4.90 Å². The molecule has 1 aromatic rings. The summed E-state index contributed by atoms with van der Waals surface area (Å²) in [4.78, 5) is 2.42. The topological polar surface area (TPSA) is 12.5 Å². The Morgan fingerprint density at radius 3 is 2.89 bits per heavy atom. The van der Waals surface area contributed by atoms with Gasteiger partial charge in [0.05, 0.1) is 0 Å². The van der Waals surface area contributed by atoms with E-state index in [-0.39, 0.29) is 0 Å². The molecule has 18 heavy (non-hydrogen) atoms. The van der Waals surface area contributed by atoms with E-state index >= 15 is 0 Å². The first kappa shape index (κ1) is 13.7. The number of ether oxygens (including phenoxy) is 1. The van der Waals surface area contributed by atoms with Crippen molar-refractivity contribution < 1.29 is 4.74 Å². The first-order chi connectivity index (χ1) is 8.83. The lowest BCUT2D eigenvalue weighted by atomic mass is 10.1. The van der Waals surface area contributed by atoms with Gasteiger partial charge in [-0.15, -0.1) is 11.6 Å². The predicted molar refractivity (Wildman–Crippen MR) is 76.6 cm³/mol. The number of fused-ring (bicyclic) bond motifs is 1. The zero-order valence-corrected chi connectivity index (χ0v) is 11.8. The summed E-state index contributed by atoms with van der Waals surface area (Å²) >= 11 is 5.87. The van der Waals surface area contributed by atoms with Crippen LogP contribution in [-0.4, -0.2) is 36.5 Å². The molecule has 1 heterocycles. The molecule has 0 radical (unpaired) electrons. The molecule has 0 amide bonds. The average Bonchev–Trinajstić information content (AvgIpc) is 2.78. The summed E-state index contributed by atoms with van der Waals surface area (Å²) in [6, 6.07) is 8.34. The molecule has 1 atom stereocenters. The number of hydrogen-bond donors (Lipinski definition) is 0. The van der Waals surface area contributed by atoms with Gasteiger partial charge in [0.1, 0.15) is 11.9 Å². The van der Waals surface area contributed by atoms with E-state index in [0.717, 1.165) is 31.8 Å². The van der Waals surface area contributed by atoms with Crippen LogP contribution in [0.3, 0.4) is 0 Å². The zero-order chi connectivity index (χ0) is 12.8. The van der Waals surface area contributed by atoms with Crippen molar-refractivity contribution in [2.75, 3.05) is 25.5 Å². The van der Waals surface area contributed by atoms with E-state index in [4.69, 9.17) is 16.3 Å². The molecule has 0 saturated carbocycles. The number of unbranched alkanes of at least 4 members (excludes halogenated alkanes) is 1. The fourth-order valence-corrected chi connectivity index (χ4v) is 2.68. The van der Waals surface area contributed by atoms with Crippen LogP contribution in [0.4, 0.5) is 0 Å². The molecular weight excluding hydrogens is 246 g/mol. The summed E-state index contributed by atoms with van der Waals surface area (Å²) in [6.45, 7) is 5.29. The van der Waals surface area contributed by atoms with Gasteiger partial charge in [-0.25, -0.2) is 0 Å². The van der Waals surface area contributed by atoms with Crippen molar-refractivity contribution in [3.05, 3.63) is 29.8 Å². The molecule has 1 aliphatic heterocycles. The smallest absolute Gasteiger partial charge is 0.123 e. The lowest BCUT2D eigenvalue weighted by molar-refractivity contribution is 0.154. The van der Waals surface area contributed by atoms with Crippen molar-refractivity contribution in [1.82, 2.24) is 4.90 Å². The molecule has 0 aliphatic carbocycles.